The molecule has 16 heavy (non-hydrogen) atoms. The van der Waals surface area contributed by atoms with Crippen molar-refractivity contribution < 1.29 is 9.90 Å². The molecule has 0 radical (unpaired) electrons. The first-order valence-corrected chi connectivity index (χ1v) is 5.91. The number of hydrogen-bond donors (Lipinski definition) is 1. The van der Waals surface area contributed by atoms with Crippen molar-refractivity contribution in [3.05, 3.63) is 29.1 Å². The summed E-state index contributed by atoms with van der Waals surface area (Å²) >= 11 is 0. The zero-order chi connectivity index (χ0) is 11.5. The minimum absolute atomic E-state index is 0.260. The van der Waals surface area contributed by atoms with Crippen LogP contribution in [0.4, 0.5) is 0 Å². The molecule has 3 heteroatoms. The monoisotopic (exact) mass is 219 g/mol. The van der Waals surface area contributed by atoms with Gasteiger partial charge in [0, 0.05) is 17.8 Å². The van der Waals surface area contributed by atoms with Gasteiger partial charge in [-0.1, -0.05) is 19.4 Å². The van der Waals surface area contributed by atoms with Crippen molar-refractivity contribution in [2.75, 3.05) is 0 Å². The highest BCUT2D eigenvalue weighted by Crippen LogP contribution is 2.25. The summed E-state index contributed by atoms with van der Waals surface area (Å²) in [6.07, 6.45) is 4.56. The lowest BCUT2D eigenvalue weighted by molar-refractivity contribution is -0.141. The van der Waals surface area contributed by atoms with Gasteiger partial charge in [-0.25, -0.2) is 0 Å². The Balaban J connectivity index is 2.11. The van der Waals surface area contributed by atoms with Crippen molar-refractivity contribution in [1.29, 1.82) is 0 Å². The van der Waals surface area contributed by atoms with Crippen LogP contribution in [0.15, 0.2) is 12.1 Å². The molecular formula is C13H17NO2. The number of aliphatic carboxylic acids is 1. The fraction of sp³-hybridized carbons (Fsp3) is 0.538. The van der Waals surface area contributed by atoms with E-state index < -0.39 is 5.97 Å². The van der Waals surface area contributed by atoms with Gasteiger partial charge in [0.05, 0.1) is 5.92 Å². The molecule has 1 aliphatic rings. The van der Waals surface area contributed by atoms with Gasteiger partial charge in [-0.3, -0.25) is 9.78 Å². The van der Waals surface area contributed by atoms with Crippen molar-refractivity contribution in [3.8, 4) is 0 Å². The third kappa shape index (κ3) is 2.23. The largest absolute Gasteiger partial charge is 0.481 e. The van der Waals surface area contributed by atoms with Crippen LogP contribution in [0.25, 0.3) is 0 Å². The smallest absolute Gasteiger partial charge is 0.307 e. The quantitative estimate of drug-likeness (QED) is 0.844. The zero-order valence-corrected chi connectivity index (χ0v) is 9.57. The zero-order valence-electron chi connectivity index (χ0n) is 9.57. The summed E-state index contributed by atoms with van der Waals surface area (Å²) in [5.74, 6) is -0.961. The Morgan fingerprint density at radius 1 is 1.50 bits per heavy atom. The van der Waals surface area contributed by atoms with Crippen LogP contribution < -0.4 is 0 Å². The normalized spacial score (nSPS) is 18.4. The van der Waals surface area contributed by atoms with Crippen LogP contribution in [0.3, 0.4) is 0 Å². The molecule has 1 aromatic rings. The Labute approximate surface area is 95.5 Å². The van der Waals surface area contributed by atoms with Crippen LogP contribution in [0.1, 0.15) is 36.7 Å². The average molecular weight is 219 g/mol. The Kier molecular flexibility index (Phi) is 3.22. The highest BCUT2D eigenvalue weighted by Gasteiger charge is 2.28. The topological polar surface area (TPSA) is 50.2 Å². The van der Waals surface area contributed by atoms with E-state index in [0.29, 0.717) is 12.8 Å². The second kappa shape index (κ2) is 4.64. The van der Waals surface area contributed by atoms with E-state index in [4.69, 9.17) is 5.11 Å². The number of hydrogen-bond acceptors (Lipinski definition) is 2. The maximum atomic E-state index is 10.9. The van der Waals surface area contributed by atoms with Crippen molar-refractivity contribution in [3.63, 3.8) is 0 Å². The summed E-state index contributed by atoms with van der Waals surface area (Å²) in [6, 6.07) is 4.09. The molecular weight excluding hydrogens is 202 g/mol. The van der Waals surface area contributed by atoms with E-state index in [2.05, 4.69) is 18.0 Å². The Bertz CT molecular complexity index is 401. The Morgan fingerprint density at radius 3 is 3.00 bits per heavy atom. The van der Waals surface area contributed by atoms with E-state index in [1.807, 2.05) is 6.07 Å². The van der Waals surface area contributed by atoms with E-state index in [-0.39, 0.29) is 5.92 Å². The molecule has 1 heterocycles. The van der Waals surface area contributed by atoms with E-state index in [1.165, 1.54) is 0 Å². The van der Waals surface area contributed by atoms with Crippen LogP contribution in [-0.4, -0.2) is 16.1 Å². The summed E-state index contributed by atoms with van der Waals surface area (Å²) in [5.41, 5.74) is 3.22. The lowest BCUT2D eigenvalue weighted by Gasteiger charge is -2.02. The number of carboxylic acids is 1. The van der Waals surface area contributed by atoms with Crippen LogP contribution in [-0.2, 0) is 24.1 Å². The summed E-state index contributed by atoms with van der Waals surface area (Å²) in [7, 11) is 0. The highest BCUT2D eigenvalue weighted by atomic mass is 16.4. The number of carbonyl (C=O) groups is 1. The molecule has 1 N–H and O–H groups in total. The molecule has 0 aliphatic heterocycles. The number of rotatable bonds is 4. The van der Waals surface area contributed by atoms with E-state index in [0.717, 1.165) is 36.2 Å². The van der Waals surface area contributed by atoms with Gasteiger partial charge in [0.1, 0.15) is 0 Å². The number of aryl methyl sites for hydroxylation is 1. The fourth-order valence-electron chi connectivity index (χ4n) is 2.18. The number of carboxylic acid groups (broad SMARTS) is 1. The van der Waals surface area contributed by atoms with Gasteiger partial charge >= 0.3 is 5.97 Å². The van der Waals surface area contributed by atoms with Crippen LogP contribution in [0.2, 0.25) is 0 Å². The van der Waals surface area contributed by atoms with Crippen molar-refractivity contribution in [1.82, 2.24) is 4.98 Å². The predicted octanol–water partition coefficient (Wildman–Crippen LogP) is 2.22. The van der Waals surface area contributed by atoms with Gasteiger partial charge in [0.25, 0.3) is 0 Å². The molecule has 0 bridgehead atoms. The first kappa shape index (κ1) is 11.1. The Hall–Kier alpha value is -1.38. The average Bonchev–Trinajstić information content (AvgIpc) is 2.69. The molecule has 0 unspecified atom stereocenters. The van der Waals surface area contributed by atoms with Crippen LogP contribution in [0, 0.1) is 5.92 Å². The molecule has 0 saturated heterocycles. The third-order valence-electron chi connectivity index (χ3n) is 3.17. The second-order valence-corrected chi connectivity index (χ2v) is 4.46. The first-order valence-electron chi connectivity index (χ1n) is 5.91. The molecule has 0 spiro atoms. The summed E-state index contributed by atoms with van der Waals surface area (Å²) in [6.45, 7) is 2.16. The third-order valence-corrected chi connectivity index (χ3v) is 3.17. The highest BCUT2D eigenvalue weighted by molar-refractivity contribution is 5.72. The summed E-state index contributed by atoms with van der Waals surface area (Å²) < 4.78 is 0. The standard InChI is InChI=1S/C13H17NO2/c1-2-3-4-11-6-5-9-7-10(13(15)16)8-12(9)14-11/h5-6,10H,2-4,7-8H2,1H3,(H,15,16)/t10-/m1/s1. The molecule has 86 valence electrons. The number of unbranched alkanes of at least 4 members (excludes halogenated alkanes) is 1. The molecule has 0 fully saturated rings. The molecule has 1 atom stereocenters. The molecule has 1 aliphatic carbocycles. The van der Waals surface area contributed by atoms with Gasteiger partial charge in [-0.2, -0.15) is 0 Å². The number of fused-ring (bicyclic) bond motifs is 1. The number of aromatic nitrogens is 1. The number of pyridine rings is 1. The van der Waals surface area contributed by atoms with E-state index >= 15 is 0 Å². The predicted molar refractivity (Wildman–Crippen MR) is 61.4 cm³/mol. The fourth-order valence-corrected chi connectivity index (χ4v) is 2.18. The molecule has 1 aromatic heterocycles. The maximum Gasteiger partial charge on any atom is 0.307 e. The van der Waals surface area contributed by atoms with Gasteiger partial charge < -0.3 is 5.11 Å². The van der Waals surface area contributed by atoms with Crippen LogP contribution in [0.5, 0.6) is 0 Å². The first-order chi connectivity index (χ1) is 7.70. The second-order valence-electron chi connectivity index (χ2n) is 4.46. The van der Waals surface area contributed by atoms with Crippen LogP contribution >= 0.6 is 0 Å². The van der Waals surface area contributed by atoms with E-state index in [1.54, 1.807) is 0 Å². The lowest BCUT2D eigenvalue weighted by Crippen LogP contribution is -2.13. The van der Waals surface area contributed by atoms with Crippen molar-refractivity contribution >= 4 is 5.97 Å². The van der Waals surface area contributed by atoms with Gasteiger partial charge in [0.15, 0.2) is 0 Å². The molecule has 0 aromatic carbocycles. The maximum absolute atomic E-state index is 10.9. The van der Waals surface area contributed by atoms with Gasteiger partial charge in [0.2, 0.25) is 0 Å². The summed E-state index contributed by atoms with van der Waals surface area (Å²) in [4.78, 5) is 15.5. The minimum Gasteiger partial charge on any atom is -0.481 e. The van der Waals surface area contributed by atoms with Gasteiger partial charge in [-0.05, 0) is 30.9 Å². The number of nitrogens with zero attached hydrogens (tertiary/aromatic N) is 1. The lowest BCUT2D eigenvalue weighted by atomic mass is 10.1. The van der Waals surface area contributed by atoms with Gasteiger partial charge in [-0.15, -0.1) is 0 Å². The van der Waals surface area contributed by atoms with E-state index in [9.17, 15) is 4.79 Å². The van der Waals surface area contributed by atoms with Crippen molar-refractivity contribution in [2.24, 2.45) is 5.92 Å². The molecule has 2 rings (SSSR count). The molecule has 0 amide bonds. The van der Waals surface area contributed by atoms with Crippen molar-refractivity contribution in [2.45, 2.75) is 39.0 Å². The Morgan fingerprint density at radius 2 is 2.31 bits per heavy atom. The SMILES string of the molecule is CCCCc1ccc2c(n1)C[C@H](C(=O)O)C2. The summed E-state index contributed by atoms with van der Waals surface area (Å²) in [5, 5.41) is 8.97. The molecule has 0 saturated carbocycles. The minimum atomic E-state index is -0.701. The molecule has 3 nitrogen and oxygen atoms in total.